The normalized spacial score (nSPS) is 10.7. The van der Waals surface area contributed by atoms with E-state index in [9.17, 15) is 15.0 Å². The number of nitrogens with zero attached hydrogens (tertiary/aromatic N) is 1. The molecule has 0 atom stereocenters. The lowest BCUT2D eigenvalue weighted by Crippen LogP contribution is -2.17. The molecule has 20 heavy (non-hydrogen) atoms. The monoisotopic (exact) mass is 334 g/mol. The first-order valence-electron chi connectivity index (χ1n) is 5.67. The zero-order valence-electron chi connectivity index (χ0n) is 10.2. The average Bonchev–Trinajstić information content (AvgIpc) is 2.43. The molecule has 2 rings (SSSR count). The van der Waals surface area contributed by atoms with Crippen molar-refractivity contribution in [1.29, 1.82) is 0 Å². The molecule has 5 nitrogen and oxygen atoms in total. The second-order valence-electron chi connectivity index (χ2n) is 3.95. The van der Waals surface area contributed by atoms with E-state index in [0.717, 1.165) is 4.47 Å². The summed E-state index contributed by atoms with van der Waals surface area (Å²) in [4.78, 5) is 11.7. The van der Waals surface area contributed by atoms with Crippen LogP contribution in [-0.2, 0) is 0 Å². The van der Waals surface area contributed by atoms with Gasteiger partial charge >= 0.3 is 0 Å². The molecule has 0 aliphatic heterocycles. The summed E-state index contributed by atoms with van der Waals surface area (Å²) in [5.74, 6) is -0.402. The predicted octanol–water partition coefficient (Wildman–Crippen LogP) is 2.62. The van der Waals surface area contributed by atoms with Crippen LogP contribution in [0.2, 0.25) is 0 Å². The van der Waals surface area contributed by atoms with Gasteiger partial charge in [0.1, 0.15) is 11.5 Å². The average molecular weight is 335 g/mol. The number of aromatic hydroxyl groups is 2. The maximum absolute atomic E-state index is 11.7. The van der Waals surface area contributed by atoms with Crippen molar-refractivity contribution in [2.75, 3.05) is 0 Å². The van der Waals surface area contributed by atoms with Gasteiger partial charge in [-0.05, 0) is 42.5 Å². The molecule has 0 unspecified atom stereocenters. The van der Waals surface area contributed by atoms with Crippen molar-refractivity contribution in [2.45, 2.75) is 0 Å². The Bertz CT molecular complexity index is 654. The van der Waals surface area contributed by atoms with Crippen molar-refractivity contribution in [3.05, 3.63) is 58.1 Å². The molecule has 0 heterocycles. The maximum atomic E-state index is 11.7. The number of phenols is 2. The Morgan fingerprint density at radius 2 is 1.85 bits per heavy atom. The lowest BCUT2D eigenvalue weighted by Gasteiger charge is -2.01. The quantitative estimate of drug-likeness (QED) is 0.458. The van der Waals surface area contributed by atoms with E-state index in [1.54, 1.807) is 24.3 Å². The molecular weight excluding hydrogens is 324 g/mol. The van der Waals surface area contributed by atoms with Crippen LogP contribution >= 0.6 is 15.9 Å². The fourth-order valence-corrected chi connectivity index (χ4v) is 1.74. The molecular formula is C14H11BrN2O3. The Kier molecular flexibility index (Phi) is 4.37. The molecule has 0 bridgehead atoms. The first-order chi connectivity index (χ1) is 9.56. The molecule has 0 aromatic heterocycles. The molecule has 2 aromatic carbocycles. The summed E-state index contributed by atoms with van der Waals surface area (Å²) < 4.78 is 0.877. The number of halogens is 1. The van der Waals surface area contributed by atoms with Crippen molar-refractivity contribution in [1.82, 2.24) is 5.43 Å². The molecule has 6 heteroatoms. The highest BCUT2D eigenvalue weighted by molar-refractivity contribution is 9.10. The first-order valence-corrected chi connectivity index (χ1v) is 6.46. The molecule has 0 saturated heterocycles. The Labute approximate surface area is 123 Å². The molecule has 1 amide bonds. The number of phenolic OH excluding ortho intramolecular Hbond substituents is 2. The van der Waals surface area contributed by atoms with Gasteiger partial charge in [0.2, 0.25) is 0 Å². The highest BCUT2D eigenvalue weighted by Crippen LogP contribution is 2.20. The van der Waals surface area contributed by atoms with Crippen LogP contribution in [0.25, 0.3) is 0 Å². The Balaban J connectivity index is 2.04. The van der Waals surface area contributed by atoms with Crippen LogP contribution in [0.3, 0.4) is 0 Å². The fourth-order valence-electron chi connectivity index (χ4n) is 1.47. The summed E-state index contributed by atoms with van der Waals surface area (Å²) in [6.45, 7) is 0. The minimum Gasteiger partial charge on any atom is -0.508 e. The van der Waals surface area contributed by atoms with Crippen LogP contribution in [0.1, 0.15) is 15.9 Å². The van der Waals surface area contributed by atoms with E-state index in [0.29, 0.717) is 11.1 Å². The molecule has 0 radical (unpaired) electrons. The van der Waals surface area contributed by atoms with E-state index < -0.39 is 0 Å². The molecule has 3 N–H and O–H groups in total. The van der Waals surface area contributed by atoms with Crippen molar-refractivity contribution in [2.24, 2.45) is 5.10 Å². The van der Waals surface area contributed by atoms with Gasteiger partial charge in [0, 0.05) is 15.6 Å². The van der Waals surface area contributed by atoms with Crippen LogP contribution in [0, 0.1) is 0 Å². The summed E-state index contributed by atoms with van der Waals surface area (Å²) in [7, 11) is 0. The first kappa shape index (κ1) is 14.1. The van der Waals surface area contributed by atoms with Gasteiger partial charge in [-0.1, -0.05) is 15.9 Å². The number of hydrazone groups is 1. The Hall–Kier alpha value is -2.34. The van der Waals surface area contributed by atoms with Gasteiger partial charge in [-0.3, -0.25) is 4.79 Å². The third kappa shape index (κ3) is 3.58. The zero-order chi connectivity index (χ0) is 14.5. The zero-order valence-corrected chi connectivity index (χ0v) is 11.8. The maximum Gasteiger partial charge on any atom is 0.271 e. The van der Waals surface area contributed by atoms with E-state index in [4.69, 9.17) is 0 Å². The summed E-state index contributed by atoms with van der Waals surface area (Å²) in [5.41, 5.74) is 3.11. The van der Waals surface area contributed by atoms with Gasteiger partial charge in [0.25, 0.3) is 5.91 Å². The molecule has 0 fully saturated rings. The molecule has 102 valence electrons. The molecule has 0 aliphatic rings. The van der Waals surface area contributed by atoms with Crippen molar-refractivity contribution < 1.29 is 15.0 Å². The van der Waals surface area contributed by atoms with E-state index in [2.05, 4.69) is 26.5 Å². The number of hydrogen-bond acceptors (Lipinski definition) is 4. The minimum absolute atomic E-state index is 0.00323. The number of carbonyl (C=O) groups is 1. The van der Waals surface area contributed by atoms with Crippen molar-refractivity contribution in [3.8, 4) is 11.5 Å². The van der Waals surface area contributed by atoms with Crippen molar-refractivity contribution in [3.63, 3.8) is 0 Å². The SMILES string of the molecule is O=C(N/N=C/c1cc(O)ccc1O)c1ccc(Br)cc1. The van der Waals surface area contributed by atoms with Gasteiger partial charge in [0.15, 0.2) is 0 Å². The van der Waals surface area contributed by atoms with Gasteiger partial charge in [0.05, 0.1) is 6.21 Å². The van der Waals surface area contributed by atoms with Gasteiger partial charge in [-0.15, -0.1) is 0 Å². The van der Waals surface area contributed by atoms with Gasteiger partial charge in [-0.25, -0.2) is 5.43 Å². The van der Waals surface area contributed by atoms with Crippen LogP contribution < -0.4 is 5.43 Å². The smallest absolute Gasteiger partial charge is 0.271 e. The summed E-state index contributed by atoms with van der Waals surface area (Å²) in [6.07, 6.45) is 1.26. The Morgan fingerprint density at radius 3 is 2.55 bits per heavy atom. The third-order valence-electron chi connectivity index (χ3n) is 2.49. The minimum atomic E-state index is -0.367. The molecule has 0 aliphatic carbocycles. The molecule has 0 saturated carbocycles. The van der Waals surface area contributed by atoms with E-state index >= 15 is 0 Å². The number of nitrogens with one attached hydrogen (secondary N) is 1. The van der Waals surface area contributed by atoms with E-state index in [-0.39, 0.29) is 17.4 Å². The van der Waals surface area contributed by atoms with Crippen LogP contribution in [0.5, 0.6) is 11.5 Å². The topological polar surface area (TPSA) is 81.9 Å². The van der Waals surface area contributed by atoms with Gasteiger partial charge < -0.3 is 10.2 Å². The number of carbonyl (C=O) groups excluding carboxylic acids is 1. The van der Waals surface area contributed by atoms with E-state index in [1.165, 1.54) is 24.4 Å². The molecule has 2 aromatic rings. The van der Waals surface area contributed by atoms with E-state index in [1.807, 2.05) is 0 Å². The molecule has 0 spiro atoms. The lowest BCUT2D eigenvalue weighted by atomic mass is 10.2. The van der Waals surface area contributed by atoms with Crippen LogP contribution in [0.4, 0.5) is 0 Å². The van der Waals surface area contributed by atoms with Crippen LogP contribution in [0.15, 0.2) is 52.0 Å². The van der Waals surface area contributed by atoms with Crippen molar-refractivity contribution >= 4 is 28.1 Å². The second-order valence-corrected chi connectivity index (χ2v) is 4.86. The van der Waals surface area contributed by atoms with Crippen LogP contribution in [-0.4, -0.2) is 22.3 Å². The number of rotatable bonds is 3. The largest absolute Gasteiger partial charge is 0.508 e. The number of benzene rings is 2. The third-order valence-corrected chi connectivity index (χ3v) is 3.02. The number of hydrogen-bond donors (Lipinski definition) is 3. The fraction of sp³-hybridized carbons (Fsp3) is 0. The highest BCUT2D eigenvalue weighted by atomic mass is 79.9. The standard InChI is InChI=1S/C14H11BrN2O3/c15-11-3-1-9(2-4-11)14(20)17-16-8-10-7-12(18)5-6-13(10)19/h1-8,18-19H,(H,17,20)/b16-8+. The number of amides is 1. The summed E-state index contributed by atoms with van der Waals surface area (Å²) in [6, 6.07) is 10.8. The predicted molar refractivity (Wildman–Crippen MR) is 79.0 cm³/mol. The highest BCUT2D eigenvalue weighted by Gasteiger charge is 2.04. The van der Waals surface area contributed by atoms with Gasteiger partial charge in [-0.2, -0.15) is 5.10 Å². The summed E-state index contributed by atoms with van der Waals surface area (Å²) >= 11 is 3.28. The summed E-state index contributed by atoms with van der Waals surface area (Å²) in [5, 5.41) is 22.5. The Morgan fingerprint density at radius 1 is 1.15 bits per heavy atom. The lowest BCUT2D eigenvalue weighted by molar-refractivity contribution is 0.0955. The second kappa shape index (κ2) is 6.21.